The zero-order valence-electron chi connectivity index (χ0n) is 22.4. The van der Waals surface area contributed by atoms with Gasteiger partial charge >= 0.3 is 6.09 Å². The SMILES string of the molecule is CC(C)(C)[Si](OCCC(O)CC(=O)N1C(=O)OCC1Cc1ccccc1)(c1ccccc1)c1ccccc1. The van der Waals surface area contributed by atoms with Crippen LogP contribution in [0, 0.1) is 0 Å². The lowest BCUT2D eigenvalue weighted by molar-refractivity contribution is -0.131. The van der Waals surface area contributed by atoms with Gasteiger partial charge in [0.2, 0.25) is 5.91 Å². The van der Waals surface area contributed by atoms with Crippen molar-refractivity contribution >= 4 is 30.7 Å². The van der Waals surface area contributed by atoms with Crippen molar-refractivity contribution in [2.24, 2.45) is 0 Å². The Bertz CT molecular complexity index is 1160. The Labute approximate surface area is 226 Å². The summed E-state index contributed by atoms with van der Waals surface area (Å²) < 4.78 is 12.0. The third kappa shape index (κ3) is 6.06. The molecule has 1 N–H and O–H groups in total. The van der Waals surface area contributed by atoms with Crippen LogP contribution in [0.15, 0.2) is 91.0 Å². The average Bonchev–Trinajstić information content (AvgIpc) is 3.27. The normalized spacial score (nSPS) is 16.8. The molecule has 0 saturated carbocycles. The van der Waals surface area contributed by atoms with Crippen LogP contribution in [-0.4, -0.2) is 55.7 Å². The molecule has 7 heteroatoms. The van der Waals surface area contributed by atoms with Gasteiger partial charge in [-0.3, -0.25) is 4.79 Å². The standard InChI is InChI=1S/C31H37NO5Si/c1-31(2,3)38(27-15-9-5-10-16-27,28-17-11-6-12-18-28)37-20-19-26(33)22-29(34)32-25(23-36-30(32)35)21-24-13-7-4-8-14-24/h4-18,25-26,33H,19-23H2,1-3H3. The molecule has 200 valence electrons. The van der Waals surface area contributed by atoms with Crippen molar-refractivity contribution in [1.82, 2.24) is 4.90 Å². The first kappa shape index (κ1) is 27.8. The van der Waals surface area contributed by atoms with Crippen LogP contribution >= 0.6 is 0 Å². The lowest BCUT2D eigenvalue weighted by atomic mass is 10.1. The highest BCUT2D eigenvalue weighted by Crippen LogP contribution is 2.36. The second-order valence-electron chi connectivity index (χ2n) is 10.8. The van der Waals surface area contributed by atoms with Gasteiger partial charge < -0.3 is 14.3 Å². The van der Waals surface area contributed by atoms with Gasteiger partial charge in [0, 0.05) is 6.61 Å². The van der Waals surface area contributed by atoms with Gasteiger partial charge in [0.1, 0.15) is 6.61 Å². The number of ether oxygens (including phenoxy) is 1. The number of imide groups is 1. The molecule has 0 aromatic heterocycles. The Hall–Kier alpha value is -3.26. The molecule has 38 heavy (non-hydrogen) atoms. The van der Waals surface area contributed by atoms with Gasteiger partial charge in [-0.05, 0) is 33.8 Å². The van der Waals surface area contributed by atoms with Gasteiger partial charge in [-0.25, -0.2) is 9.69 Å². The van der Waals surface area contributed by atoms with E-state index in [-0.39, 0.29) is 30.5 Å². The van der Waals surface area contributed by atoms with E-state index in [9.17, 15) is 14.7 Å². The number of carbonyl (C=O) groups is 2. The molecule has 1 aliphatic rings. The summed E-state index contributed by atoms with van der Waals surface area (Å²) in [6, 6.07) is 29.9. The van der Waals surface area contributed by atoms with E-state index in [4.69, 9.17) is 9.16 Å². The van der Waals surface area contributed by atoms with Crippen LogP contribution in [0.5, 0.6) is 0 Å². The fourth-order valence-corrected chi connectivity index (χ4v) is 9.89. The molecule has 3 aromatic rings. The minimum atomic E-state index is -2.73. The zero-order valence-corrected chi connectivity index (χ0v) is 23.4. The number of rotatable bonds is 10. The second kappa shape index (κ2) is 12.1. The van der Waals surface area contributed by atoms with Crippen molar-refractivity contribution < 1.29 is 23.9 Å². The number of aliphatic hydroxyl groups excluding tert-OH is 1. The minimum absolute atomic E-state index is 0.159. The Morgan fingerprint density at radius 2 is 1.50 bits per heavy atom. The first-order valence-corrected chi connectivity index (χ1v) is 15.1. The molecule has 4 rings (SSSR count). The number of amides is 2. The van der Waals surface area contributed by atoms with Gasteiger partial charge in [0.05, 0.1) is 18.6 Å². The van der Waals surface area contributed by atoms with E-state index in [0.29, 0.717) is 13.0 Å². The average molecular weight is 532 g/mol. The third-order valence-corrected chi connectivity index (χ3v) is 12.2. The molecule has 0 radical (unpaired) electrons. The monoisotopic (exact) mass is 531 g/mol. The Morgan fingerprint density at radius 3 is 2.03 bits per heavy atom. The van der Waals surface area contributed by atoms with Crippen LogP contribution in [0.3, 0.4) is 0 Å². The molecule has 0 spiro atoms. The highest BCUT2D eigenvalue weighted by atomic mass is 28.4. The van der Waals surface area contributed by atoms with E-state index in [1.807, 2.05) is 66.7 Å². The van der Waals surface area contributed by atoms with E-state index >= 15 is 0 Å². The molecule has 2 unspecified atom stereocenters. The number of aliphatic hydroxyl groups is 1. The summed E-state index contributed by atoms with van der Waals surface area (Å²) in [4.78, 5) is 26.6. The highest BCUT2D eigenvalue weighted by molar-refractivity contribution is 6.99. The molecule has 0 bridgehead atoms. The summed E-state index contributed by atoms with van der Waals surface area (Å²) >= 11 is 0. The third-order valence-electron chi connectivity index (χ3n) is 7.14. The van der Waals surface area contributed by atoms with Crippen LogP contribution < -0.4 is 10.4 Å². The van der Waals surface area contributed by atoms with Gasteiger partial charge in [0.25, 0.3) is 8.32 Å². The first-order chi connectivity index (χ1) is 18.2. The molecule has 1 saturated heterocycles. The lowest BCUT2D eigenvalue weighted by Crippen LogP contribution is -2.66. The predicted molar refractivity (Wildman–Crippen MR) is 151 cm³/mol. The number of nitrogens with zero attached hydrogens (tertiary/aromatic N) is 1. The van der Waals surface area contributed by atoms with Gasteiger partial charge in [-0.1, -0.05) is 112 Å². The fourth-order valence-electron chi connectivity index (χ4n) is 5.31. The van der Waals surface area contributed by atoms with E-state index in [1.165, 1.54) is 4.90 Å². The van der Waals surface area contributed by atoms with Gasteiger partial charge in [-0.15, -0.1) is 0 Å². The molecule has 2 atom stereocenters. The Balaban J connectivity index is 1.44. The van der Waals surface area contributed by atoms with Crippen molar-refractivity contribution in [3.05, 3.63) is 96.6 Å². The van der Waals surface area contributed by atoms with Crippen molar-refractivity contribution in [2.75, 3.05) is 13.2 Å². The topological polar surface area (TPSA) is 76.1 Å². The summed E-state index contributed by atoms with van der Waals surface area (Å²) in [5.74, 6) is -0.425. The smallest absolute Gasteiger partial charge is 0.416 e. The van der Waals surface area contributed by atoms with Crippen LogP contribution in [0.4, 0.5) is 4.79 Å². The fraction of sp³-hybridized carbons (Fsp3) is 0.355. The predicted octanol–water partition coefficient (Wildman–Crippen LogP) is 4.29. The Morgan fingerprint density at radius 1 is 0.974 bits per heavy atom. The molecule has 6 nitrogen and oxygen atoms in total. The minimum Gasteiger partial charge on any atom is -0.447 e. The van der Waals surface area contributed by atoms with Gasteiger partial charge in [0.15, 0.2) is 0 Å². The number of cyclic esters (lactones) is 1. The summed E-state index contributed by atoms with van der Waals surface area (Å²) in [7, 11) is -2.73. The maximum absolute atomic E-state index is 13.1. The molecule has 3 aromatic carbocycles. The second-order valence-corrected chi connectivity index (χ2v) is 15.1. The van der Waals surface area contributed by atoms with Crippen molar-refractivity contribution in [2.45, 2.75) is 57.2 Å². The molecule has 1 fully saturated rings. The van der Waals surface area contributed by atoms with Crippen LogP contribution in [0.2, 0.25) is 5.04 Å². The molecule has 1 aliphatic heterocycles. The summed E-state index contributed by atoms with van der Waals surface area (Å²) in [6.45, 7) is 7.05. The molecule has 1 heterocycles. The van der Waals surface area contributed by atoms with Gasteiger partial charge in [-0.2, -0.15) is 0 Å². The molecule has 2 amide bonds. The van der Waals surface area contributed by atoms with E-state index in [2.05, 4.69) is 45.0 Å². The summed E-state index contributed by atoms with van der Waals surface area (Å²) in [5.41, 5.74) is 1.02. The summed E-state index contributed by atoms with van der Waals surface area (Å²) in [5, 5.41) is 13.0. The zero-order chi connectivity index (χ0) is 27.2. The molecular formula is C31H37NO5Si. The maximum atomic E-state index is 13.1. The first-order valence-electron chi connectivity index (χ1n) is 13.2. The highest BCUT2D eigenvalue weighted by Gasteiger charge is 2.50. The van der Waals surface area contributed by atoms with Crippen molar-refractivity contribution in [3.8, 4) is 0 Å². The molecular weight excluding hydrogens is 494 g/mol. The maximum Gasteiger partial charge on any atom is 0.416 e. The van der Waals surface area contributed by atoms with E-state index < -0.39 is 26.4 Å². The van der Waals surface area contributed by atoms with E-state index in [1.54, 1.807) is 0 Å². The number of benzene rings is 3. The van der Waals surface area contributed by atoms with Crippen molar-refractivity contribution in [1.29, 1.82) is 0 Å². The number of hydrogen-bond donors (Lipinski definition) is 1. The Kier molecular flexibility index (Phi) is 8.82. The van der Waals surface area contributed by atoms with Crippen LogP contribution in [0.25, 0.3) is 0 Å². The lowest BCUT2D eigenvalue weighted by Gasteiger charge is -2.43. The molecule has 0 aliphatic carbocycles. The van der Waals surface area contributed by atoms with Crippen LogP contribution in [0.1, 0.15) is 39.2 Å². The van der Waals surface area contributed by atoms with E-state index in [0.717, 1.165) is 15.9 Å². The quantitative estimate of drug-likeness (QED) is 0.395. The number of hydrogen-bond acceptors (Lipinski definition) is 5. The number of carbonyl (C=O) groups excluding carboxylic acids is 2. The summed E-state index contributed by atoms with van der Waals surface area (Å²) in [6.07, 6.45) is -0.948. The largest absolute Gasteiger partial charge is 0.447 e. The van der Waals surface area contributed by atoms with Crippen molar-refractivity contribution in [3.63, 3.8) is 0 Å². The van der Waals surface area contributed by atoms with Crippen LogP contribution in [-0.2, 0) is 20.4 Å².